The Kier molecular flexibility index (Phi) is 8.12. The van der Waals surface area contributed by atoms with Gasteiger partial charge in [0, 0.05) is 56.6 Å². The van der Waals surface area contributed by atoms with Crippen LogP contribution in [0.4, 0.5) is 0 Å². The predicted molar refractivity (Wildman–Crippen MR) is 115 cm³/mol. The third kappa shape index (κ3) is 5.96. The maximum atomic E-state index is 12.1. The fourth-order valence-electron chi connectivity index (χ4n) is 3.68. The van der Waals surface area contributed by atoms with Crippen LogP contribution in [0, 0.1) is 0 Å². The molecule has 0 N–H and O–H groups in total. The molecule has 2 aromatic carbocycles. The van der Waals surface area contributed by atoms with Crippen LogP contribution in [0.3, 0.4) is 0 Å². The maximum Gasteiger partial charge on any atom is 0.337 e. The van der Waals surface area contributed by atoms with Crippen LogP contribution >= 0.6 is 0 Å². The second-order valence-corrected chi connectivity index (χ2v) is 8.44. The van der Waals surface area contributed by atoms with E-state index in [2.05, 4.69) is 29.0 Å². The number of benzene rings is 2. The van der Waals surface area contributed by atoms with E-state index in [9.17, 15) is 13.6 Å². The van der Waals surface area contributed by atoms with Crippen molar-refractivity contribution in [1.29, 1.82) is 0 Å². The number of ether oxygens (including phenoxy) is 1. The highest BCUT2D eigenvalue weighted by Crippen LogP contribution is 2.24. The molecule has 30 heavy (non-hydrogen) atoms. The normalized spacial score (nSPS) is 17.6. The van der Waals surface area contributed by atoms with Gasteiger partial charge < -0.3 is 14.2 Å². The van der Waals surface area contributed by atoms with Gasteiger partial charge in [-0.1, -0.05) is 42.5 Å². The number of rotatable bonds is 8. The lowest BCUT2D eigenvalue weighted by molar-refractivity contribution is 0.0600. The van der Waals surface area contributed by atoms with E-state index in [0.717, 1.165) is 37.3 Å². The highest BCUT2D eigenvalue weighted by atomic mass is 32.2. The highest BCUT2D eigenvalue weighted by molar-refractivity contribution is 7.76. The summed E-state index contributed by atoms with van der Waals surface area (Å²) in [5, 5.41) is 0. The van der Waals surface area contributed by atoms with Gasteiger partial charge in [-0.05, 0) is 30.3 Å². The van der Waals surface area contributed by atoms with E-state index in [0.29, 0.717) is 12.1 Å². The van der Waals surface area contributed by atoms with E-state index in [1.165, 1.54) is 11.4 Å². The molecular formula is C22H28N3O4S-. The quantitative estimate of drug-likeness (QED) is 0.471. The Hall–Kier alpha value is -2.10. The topological polar surface area (TPSA) is 76.2 Å². The largest absolute Gasteiger partial charge is 0.760 e. The van der Waals surface area contributed by atoms with E-state index >= 15 is 0 Å². The number of nitrogens with zero attached hydrogens (tertiary/aromatic N) is 3. The SMILES string of the molecule is COC(=O)c1ccc(CN(CC(c2ccccc2)N2CCN(C)CC2)S(=O)[O-])cc1. The van der Waals surface area contributed by atoms with Crippen LogP contribution in [0.15, 0.2) is 54.6 Å². The van der Waals surface area contributed by atoms with Crippen LogP contribution in [0.5, 0.6) is 0 Å². The standard InChI is InChI=1S/C22H29N3O4S/c1-23-12-14-24(15-13-23)21(19-6-4-3-5-7-19)17-25(30(27)28)16-18-8-10-20(11-9-18)22(26)29-2/h3-11,21H,12-17H2,1-2H3,(H,27,28)/p-1. The zero-order valence-corrected chi connectivity index (χ0v) is 18.2. The first kappa shape index (κ1) is 22.6. The Bertz CT molecular complexity index is 839. The maximum absolute atomic E-state index is 12.1. The fourth-order valence-corrected chi connectivity index (χ4v) is 4.20. The summed E-state index contributed by atoms with van der Waals surface area (Å²) in [4.78, 5) is 16.3. The van der Waals surface area contributed by atoms with Crippen LogP contribution in [0.25, 0.3) is 0 Å². The molecule has 1 aliphatic rings. The summed E-state index contributed by atoms with van der Waals surface area (Å²) in [5.74, 6) is -0.412. The number of hydrogen-bond acceptors (Lipinski definition) is 6. The Labute approximate surface area is 180 Å². The van der Waals surface area contributed by atoms with Crippen LogP contribution in [0.1, 0.15) is 27.5 Å². The highest BCUT2D eigenvalue weighted by Gasteiger charge is 2.26. The van der Waals surface area contributed by atoms with E-state index < -0.39 is 17.2 Å². The lowest BCUT2D eigenvalue weighted by Crippen LogP contribution is -2.48. The Morgan fingerprint density at radius 3 is 2.30 bits per heavy atom. The van der Waals surface area contributed by atoms with Crippen LogP contribution in [0.2, 0.25) is 0 Å². The first-order valence-corrected chi connectivity index (χ1v) is 11.0. The molecule has 2 unspecified atom stereocenters. The van der Waals surface area contributed by atoms with Crippen molar-refractivity contribution in [3.8, 4) is 0 Å². The van der Waals surface area contributed by atoms with Crippen LogP contribution in [-0.2, 0) is 22.5 Å². The molecule has 2 aromatic rings. The molecule has 162 valence electrons. The molecule has 0 aromatic heterocycles. The molecule has 1 fully saturated rings. The Morgan fingerprint density at radius 1 is 1.10 bits per heavy atom. The molecule has 0 radical (unpaired) electrons. The molecule has 0 spiro atoms. The molecule has 7 nitrogen and oxygen atoms in total. The van der Waals surface area contributed by atoms with Gasteiger partial charge in [0.1, 0.15) is 0 Å². The Balaban J connectivity index is 1.77. The summed E-state index contributed by atoms with van der Waals surface area (Å²) in [7, 11) is 3.44. The molecule has 2 atom stereocenters. The predicted octanol–water partition coefficient (Wildman–Crippen LogP) is 2.06. The summed E-state index contributed by atoms with van der Waals surface area (Å²) in [5.41, 5.74) is 2.37. The lowest BCUT2D eigenvalue weighted by atomic mass is 10.0. The third-order valence-corrected chi connectivity index (χ3v) is 6.18. The summed E-state index contributed by atoms with van der Waals surface area (Å²) in [6.07, 6.45) is 0. The smallest absolute Gasteiger partial charge is 0.337 e. The molecule has 1 saturated heterocycles. The van der Waals surface area contributed by atoms with Crippen molar-refractivity contribution < 1.29 is 18.3 Å². The van der Waals surface area contributed by atoms with Gasteiger partial charge in [0.05, 0.1) is 12.7 Å². The number of carbonyl (C=O) groups is 1. The van der Waals surface area contributed by atoms with Gasteiger partial charge in [-0.15, -0.1) is 0 Å². The molecule has 8 heteroatoms. The van der Waals surface area contributed by atoms with Crippen LogP contribution in [-0.4, -0.2) is 75.7 Å². The molecule has 0 bridgehead atoms. The number of piperazine rings is 1. The van der Waals surface area contributed by atoms with Crippen molar-refractivity contribution in [2.75, 3.05) is 46.9 Å². The van der Waals surface area contributed by atoms with E-state index in [1.807, 2.05) is 18.2 Å². The average Bonchev–Trinajstić information content (AvgIpc) is 2.77. The number of esters is 1. The minimum atomic E-state index is -2.37. The monoisotopic (exact) mass is 430 g/mol. The van der Waals surface area contributed by atoms with Gasteiger partial charge in [0.15, 0.2) is 0 Å². The average molecular weight is 431 g/mol. The number of methoxy groups -OCH3 is 1. The summed E-state index contributed by atoms with van der Waals surface area (Å²) in [6, 6.07) is 16.9. The van der Waals surface area contributed by atoms with Gasteiger partial charge in [0.25, 0.3) is 0 Å². The Morgan fingerprint density at radius 2 is 1.73 bits per heavy atom. The lowest BCUT2D eigenvalue weighted by Gasteiger charge is -2.40. The summed E-state index contributed by atoms with van der Waals surface area (Å²) < 4.78 is 30.3. The minimum absolute atomic E-state index is 0.0212. The molecular weight excluding hydrogens is 402 g/mol. The van der Waals surface area contributed by atoms with E-state index in [-0.39, 0.29) is 12.6 Å². The van der Waals surface area contributed by atoms with Crippen molar-refractivity contribution in [2.45, 2.75) is 12.6 Å². The zero-order chi connectivity index (χ0) is 21.5. The van der Waals surface area contributed by atoms with Gasteiger partial charge in [-0.3, -0.25) is 9.11 Å². The van der Waals surface area contributed by atoms with Gasteiger partial charge in [-0.2, -0.15) is 0 Å². The van der Waals surface area contributed by atoms with Gasteiger partial charge >= 0.3 is 5.97 Å². The minimum Gasteiger partial charge on any atom is -0.760 e. The van der Waals surface area contributed by atoms with Crippen molar-refractivity contribution >= 4 is 17.2 Å². The van der Waals surface area contributed by atoms with E-state index in [4.69, 9.17) is 4.74 Å². The number of carbonyl (C=O) groups excluding carboxylic acids is 1. The third-order valence-electron chi connectivity index (χ3n) is 5.48. The second kappa shape index (κ2) is 10.8. The molecule has 1 aliphatic heterocycles. The first-order chi connectivity index (χ1) is 14.5. The fraction of sp³-hybridized carbons (Fsp3) is 0.409. The molecule has 0 saturated carbocycles. The van der Waals surface area contributed by atoms with E-state index in [1.54, 1.807) is 24.3 Å². The molecule has 3 rings (SSSR count). The summed E-state index contributed by atoms with van der Waals surface area (Å²) >= 11 is -2.37. The molecule has 0 amide bonds. The molecule has 0 aliphatic carbocycles. The van der Waals surface area contributed by atoms with Gasteiger partial charge in [0.2, 0.25) is 0 Å². The summed E-state index contributed by atoms with van der Waals surface area (Å²) in [6.45, 7) is 4.31. The number of hydrogen-bond donors (Lipinski definition) is 0. The van der Waals surface area contributed by atoms with Crippen molar-refractivity contribution in [3.05, 3.63) is 71.3 Å². The van der Waals surface area contributed by atoms with Crippen LogP contribution < -0.4 is 0 Å². The second-order valence-electron chi connectivity index (χ2n) is 7.49. The number of likely N-dealkylation sites (N-methyl/N-ethyl adjacent to an activating group) is 1. The van der Waals surface area contributed by atoms with Crippen molar-refractivity contribution in [2.24, 2.45) is 0 Å². The molecule has 1 heterocycles. The van der Waals surface area contributed by atoms with Crippen molar-refractivity contribution in [1.82, 2.24) is 14.1 Å². The first-order valence-electron chi connectivity index (χ1n) is 9.97. The zero-order valence-electron chi connectivity index (χ0n) is 17.4. The van der Waals surface area contributed by atoms with Gasteiger partial charge in [-0.25, -0.2) is 9.10 Å². The van der Waals surface area contributed by atoms with Crippen molar-refractivity contribution in [3.63, 3.8) is 0 Å².